The second-order valence-electron chi connectivity index (χ2n) is 4.75. The number of nitrogens with two attached hydrogens (primary N) is 1. The summed E-state index contributed by atoms with van der Waals surface area (Å²) in [6.45, 7) is 1.96. The lowest BCUT2D eigenvalue weighted by Crippen LogP contribution is -2.29. The Bertz CT molecular complexity index is 537. The normalized spacial score (nSPS) is 13.8. The zero-order valence-electron chi connectivity index (χ0n) is 11.3. The van der Waals surface area contributed by atoms with Crippen LogP contribution in [0.3, 0.4) is 0 Å². The van der Waals surface area contributed by atoms with Crippen LogP contribution in [0, 0.1) is 0 Å². The third kappa shape index (κ3) is 3.82. The van der Waals surface area contributed by atoms with Crippen LogP contribution in [0.4, 0.5) is 0 Å². The van der Waals surface area contributed by atoms with Crippen molar-refractivity contribution in [3.05, 3.63) is 64.1 Å². The molecule has 0 fully saturated rings. The molecular weight excluding hydrogens is 318 g/mol. The van der Waals surface area contributed by atoms with E-state index in [1.54, 1.807) is 0 Å². The summed E-state index contributed by atoms with van der Waals surface area (Å²) in [5.74, 6) is 0.743. The fraction of sp³-hybridized carbons (Fsp3) is 0.250. The minimum atomic E-state index is -0.205. The van der Waals surface area contributed by atoms with Gasteiger partial charge in [0.05, 0.1) is 6.61 Å². The topological polar surface area (TPSA) is 55.5 Å². The van der Waals surface area contributed by atoms with Crippen LogP contribution in [0.1, 0.15) is 24.2 Å². The van der Waals surface area contributed by atoms with Crippen molar-refractivity contribution in [1.29, 1.82) is 0 Å². The van der Waals surface area contributed by atoms with Crippen LogP contribution in [-0.2, 0) is 6.61 Å². The first kappa shape index (κ1) is 15.0. The van der Waals surface area contributed by atoms with Gasteiger partial charge in [-0.25, -0.2) is 0 Å². The van der Waals surface area contributed by atoms with E-state index >= 15 is 0 Å². The zero-order valence-corrected chi connectivity index (χ0v) is 12.9. The van der Waals surface area contributed by atoms with E-state index in [0.29, 0.717) is 0 Å². The van der Waals surface area contributed by atoms with Crippen molar-refractivity contribution >= 4 is 15.9 Å². The van der Waals surface area contributed by atoms with Gasteiger partial charge < -0.3 is 15.6 Å². The summed E-state index contributed by atoms with van der Waals surface area (Å²) in [5, 5.41) is 9.04. The monoisotopic (exact) mass is 335 g/mol. The molecule has 0 spiro atoms. The molecule has 0 aliphatic carbocycles. The molecule has 0 aliphatic heterocycles. The van der Waals surface area contributed by atoms with Crippen LogP contribution in [-0.4, -0.2) is 11.1 Å². The quantitative estimate of drug-likeness (QED) is 0.880. The number of benzene rings is 2. The molecule has 0 heterocycles. The Morgan fingerprint density at radius 1 is 1.10 bits per heavy atom. The summed E-state index contributed by atoms with van der Waals surface area (Å²) >= 11 is 3.42. The maximum absolute atomic E-state index is 9.04. The number of ether oxygens (including phenoxy) is 1. The fourth-order valence-corrected chi connectivity index (χ4v) is 2.22. The third-order valence-corrected chi connectivity index (χ3v) is 3.57. The lowest BCUT2D eigenvalue weighted by atomic mass is 10.0. The van der Waals surface area contributed by atoms with Crippen molar-refractivity contribution < 1.29 is 9.84 Å². The van der Waals surface area contributed by atoms with Crippen LogP contribution in [0.15, 0.2) is 53.0 Å². The fourth-order valence-electron chi connectivity index (χ4n) is 1.95. The second-order valence-corrected chi connectivity index (χ2v) is 5.67. The molecule has 106 valence electrons. The molecule has 0 saturated carbocycles. The van der Waals surface area contributed by atoms with Gasteiger partial charge in [0.15, 0.2) is 0 Å². The number of rotatable bonds is 5. The van der Waals surface area contributed by atoms with E-state index in [9.17, 15) is 0 Å². The van der Waals surface area contributed by atoms with Crippen LogP contribution < -0.4 is 10.5 Å². The highest BCUT2D eigenvalue weighted by Gasteiger charge is 2.18. The van der Waals surface area contributed by atoms with Crippen LogP contribution in [0.2, 0.25) is 0 Å². The SMILES string of the molecule is CC(N)C(Oc1ccc(CO)cc1)c1ccc(Br)cc1. The first-order valence-electron chi connectivity index (χ1n) is 6.47. The molecule has 2 unspecified atom stereocenters. The van der Waals surface area contributed by atoms with E-state index in [2.05, 4.69) is 15.9 Å². The molecule has 0 radical (unpaired) electrons. The van der Waals surface area contributed by atoms with Gasteiger partial charge in [-0.05, 0) is 42.3 Å². The van der Waals surface area contributed by atoms with Gasteiger partial charge in [0, 0.05) is 10.5 Å². The largest absolute Gasteiger partial charge is 0.484 e. The Hall–Kier alpha value is -1.36. The van der Waals surface area contributed by atoms with Crippen LogP contribution in [0.5, 0.6) is 5.75 Å². The Labute approximate surface area is 127 Å². The molecule has 2 rings (SSSR count). The maximum atomic E-state index is 9.04. The molecular formula is C16H18BrNO2. The lowest BCUT2D eigenvalue weighted by Gasteiger charge is -2.23. The summed E-state index contributed by atoms with van der Waals surface area (Å²) in [5.41, 5.74) is 7.93. The average Bonchev–Trinajstić information content (AvgIpc) is 2.46. The molecule has 0 saturated heterocycles. The zero-order chi connectivity index (χ0) is 14.5. The third-order valence-electron chi connectivity index (χ3n) is 3.05. The molecule has 0 amide bonds. The van der Waals surface area contributed by atoms with Gasteiger partial charge in [0.2, 0.25) is 0 Å². The van der Waals surface area contributed by atoms with Crippen molar-refractivity contribution in [2.75, 3.05) is 0 Å². The number of aliphatic hydroxyl groups is 1. The molecule has 0 bridgehead atoms. The smallest absolute Gasteiger partial charge is 0.138 e. The molecule has 0 aliphatic rings. The predicted molar refractivity (Wildman–Crippen MR) is 83.5 cm³/mol. The highest BCUT2D eigenvalue weighted by molar-refractivity contribution is 9.10. The average molecular weight is 336 g/mol. The number of hydrogen-bond acceptors (Lipinski definition) is 3. The van der Waals surface area contributed by atoms with E-state index in [1.165, 1.54) is 0 Å². The molecule has 4 heteroatoms. The van der Waals surface area contributed by atoms with Crippen molar-refractivity contribution in [3.63, 3.8) is 0 Å². The van der Waals surface area contributed by atoms with Gasteiger partial charge >= 0.3 is 0 Å². The molecule has 2 aromatic rings. The Balaban J connectivity index is 2.18. The van der Waals surface area contributed by atoms with Crippen LogP contribution in [0.25, 0.3) is 0 Å². The number of hydrogen-bond donors (Lipinski definition) is 2. The van der Waals surface area contributed by atoms with Crippen molar-refractivity contribution in [2.45, 2.75) is 25.7 Å². The van der Waals surface area contributed by atoms with E-state index < -0.39 is 0 Å². The van der Waals surface area contributed by atoms with Crippen molar-refractivity contribution in [3.8, 4) is 5.75 Å². The Morgan fingerprint density at radius 3 is 2.20 bits per heavy atom. The molecule has 2 aromatic carbocycles. The summed E-state index contributed by atoms with van der Waals surface area (Å²) < 4.78 is 7.00. The second kappa shape index (κ2) is 6.88. The Morgan fingerprint density at radius 2 is 1.70 bits per heavy atom. The predicted octanol–water partition coefficient (Wildman–Crippen LogP) is 3.41. The molecule has 2 atom stereocenters. The molecule has 3 N–H and O–H groups in total. The molecule has 20 heavy (non-hydrogen) atoms. The standard InChI is InChI=1S/C16H18BrNO2/c1-11(18)16(13-4-6-14(17)7-5-13)20-15-8-2-12(10-19)3-9-15/h2-9,11,16,19H,10,18H2,1H3. The van der Waals surface area contributed by atoms with Crippen LogP contribution >= 0.6 is 15.9 Å². The number of halogens is 1. The van der Waals surface area contributed by atoms with E-state index in [0.717, 1.165) is 21.3 Å². The summed E-state index contributed by atoms with van der Waals surface area (Å²) in [4.78, 5) is 0. The van der Waals surface area contributed by atoms with Crippen molar-refractivity contribution in [1.82, 2.24) is 0 Å². The van der Waals surface area contributed by atoms with E-state index in [1.807, 2.05) is 55.5 Å². The summed E-state index contributed by atoms with van der Waals surface area (Å²) in [6.07, 6.45) is -0.205. The van der Waals surface area contributed by atoms with Gasteiger partial charge in [-0.15, -0.1) is 0 Å². The van der Waals surface area contributed by atoms with E-state index in [4.69, 9.17) is 15.6 Å². The Kier molecular flexibility index (Phi) is 5.17. The first-order valence-corrected chi connectivity index (χ1v) is 7.27. The maximum Gasteiger partial charge on any atom is 0.138 e. The number of aliphatic hydroxyl groups excluding tert-OH is 1. The molecule has 3 nitrogen and oxygen atoms in total. The van der Waals surface area contributed by atoms with E-state index in [-0.39, 0.29) is 18.8 Å². The minimum absolute atomic E-state index is 0.0315. The summed E-state index contributed by atoms with van der Waals surface area (Å²) in [7, 11) is 0. The van der Waals surface area contributed by atoms with Crippen molar-refractivity contribution in [2.24, 2.45) is 5.73 Å². The van der Waals surface area contributed by atoms with Gasteiger partial charge in [-0.3, -0.25) is 0 Å². The lowest BCUT2D eigenvalue weighted by molar-refractivity contribution is 0.180. The van der Waals surface area contributed by atoms with Gasteiger partial charge in [-0.2, -0.15) is 0 Å². The summed E-state index contributed by atoms with van der Waals surface area (Å²) in [6, 6.07) is 15.2. The van der Waals surface area contributed by atoms with Gasteiger partial charge in [-0.1, -0.05) is 40.2 Å². The van der Waals surface area contributed by atoms with Gasteiger partial charge in [0.1, 0.15) is 11.9 Å². The first-order chi connectivity index (χ1) is 9.60. The highest BCUT2D eigenvalue weighted by atomic mass is 79.9. The minimum Gasteiger partial charge on any atom is -0.484 e. The highest BCUT2D eigenvalue weighted by Crippen LogP contribution is 2.25. The molecule has 0 aromatic heterocycles. The van der Waals surface area contributed by atoms with Gasteiger partial charge in [0.25, 0.3) is 0 Å².